The Bertz CT molecular complexity index is 1700. The van der Waals surface area contributed by atoms with Crippen LogP contribution in [0.15, 0.2) is 114 Å². The van der Waals surface area contributed by atoms with Crippen LogP contribution >= 0.6 is 45.3 Å². The molecule has 0 aliphatic rings. The van der Waals surface area contributed by atoms with E-state index in [0.29, 0.717) is 0 Å². The molecular formula is C31H19N3S4. The molecule has 0 unspecified atom stereocenters. The standard InChI is InChI=1S/C31H19N3S4/c1-6-20(26-12-4-18-35-26)32-22(8-1)28-14-16-30(37-28)24-10-3-11-25(34-24)31-17-15-29(38-31)23-9-2-7-21(33-23)27-13-5-19-36-27/h1-19H. The lowest BCUT2D eigenvalue weighted by Gasteiger charge is -2.02. The van der Waals surface area contributed by atoms with Crippen molar-refractivity contribution in [3.63, 3.8) is 0 Å². The smallest absolute Gasteiger partial charge is 0.0809 e. The van der Waals surface area contributed by atoms with Crippen LogP contribution in [-0.2, 0) is 0 Å². The molecule has 0 atom stereocenters. The van der Waals surface area contributed by atoms with Gasteiger partial charge in [0.25, 0.3) is 0 Å². The zero-order valence-electron chi connectivity index (χ0n) is 19.9. The highest BCUT2D eigenvalue weighted by molar-refractivity contribution is 7.19. The number of hydrogen-bond donors (Lipinski definition) is 0. The topological polar surface area (TPSA) is 38.7 Å². The van der Waals surface area contributed by atoms with Crippen LogP contribution in [0.3, 0.4) is 0 Å². The Labute approximate surface area is 236 Å². The van der Waals surface area contributed by atoms with Gasteiger partial charge in [-0.25, -0.2) is 15.0 Å². The zero-order chi connectivity index (χ0) is 25.3. The molecule has 0 fully saturated rings. The molecule has 0 radical (unpaired) electrons. The number of aromatic nitrogens is 3. The van der Waals surface area contributed by atoms with Crippen molar-refractivity contribution in [2.45, 2.75) is 0 Å². The van der Waals surface area contributed by atoms with Gasteiger partial charge in [-0.1, -0.05) is 30.3 Å². The fraction of sp³-hybridized carbons (Fsp3) is 0. The number of pyridine rings is 3. The van der Waals surface area contributed by atoms with Crippen LogP contribution in [-0.4, -0.2) is 15.0 Å². The molecule has 0 aliphatic carbocycles. The van der Waals surface area contributed by atoms with Gasteiger partial charge in [-0.15, -0.1) is 45.3 Å². The maximum Gasteiger partial charge on any atom is 0.0809 e. The Morgan fingerprint density at radius 2 is 0.632 bits per heavy atom. The molecular weight excluding hydrogens is 543 g/mol. The van der Waals surface area contributed by atoms with Crippen LogP contribution in [0.1, 0.15) is 0 Å². The van der Waals surface area contributed by atoms with Crippen molar-refractivity contribution < 1.29 is 0 Å². The lowest BCUT2D eigenvalue weighted by atomic mass is 10.2. The summed E-state index contributed by atoms with van der Waals surface area (Å²) in [6, 6.07) is 35.6. The van der Waals surface area contributed by atoms with Gasteiger partial charge in [-0.05, 0) is 83.6 Å². The van der Waals surface area contributed by atoms with Gasteiger partial charge in [-0.3, -0.25) is 0 Å². The third-order valence-electron chi connectivity index (χ3n) is 6.02. The van der Waals surface area contributed by atoms with E-state index >= 15 is 0 Å². The second-order valence-corrected chi connectivity index (χ2v) is 12.6. The number of hydrogen-bond acceptors (Lipinski definition) is 7. The molecule has 182 valence electrons. The maximum atomic E-state index is 5.03. The molecule has 7 heteroatoms. The van der Waals surface area contributed by atoms with E-state index in [4.69, 9.17) is 15.0 Å². The van der Waals surface area contributed by atoms with Crippen molar-refractivity contribution in [2.75, 3.05) is 0 Å². The predicted octanol–water partition coefficient (Wildman–Crippen LogP) is 10.1. The summed E-state index contributed by atoms with van der Waals surface area (Å²) in [6.07, 6.45) is 0. The minimum Gasteiger partial charge on any atom is -0.246 e. The van der Waals surface area contributed by atoms with Crippen LogP contribution in [0.5, 0.6) is 0 Å². The summed E-state index contributed by atoms with van der Waals surface area (Å²) < 4.78 is 0. The average Bonchev–Trinajstić information content (AvgIpc) is 3.80. The van der Waals surface area contributed by atoms with Crippen LogP contribution in [0.25, 0.3) is 63.4 Å². The molecule has 38 heavy (non-hydrogen) atoms. The lowest BCUT2D eigenvalue weighted by Crippen LogP contribution is -1.84. The third-order valence-corrected chi connectivity index (χ3v) is 10.1. The molecule has 7 aromatic rings. The highest BCUT2D eigenvalue weighted by Crippen LogP contribution is 2.37. The fourth-order valence-electron chi connectivity index (χ4n) is 4.20. The van der Waals surface area contributed by atoms with Crippen molar-refractivity contribution >= 4 is 45.3 Å². The molecule has 0 bridgehead atoms. The molecule has 0 aromatic carbocycles. The van der Waals surface area contributed by atoms with E-state index in [1.165, 1.54) is 9.75 Å². The summed E-state index contributed by atoms with van der Waals surface area (Å²) in [5.41, 5.74) is 5.95. The van der Waals surface area contributed by atoms with E-state index in [1.807, 2.05) is 0 Å². The van der Waals surface area contributed by atoms with Gasteiger partial charge in [0, 0.05) is 0 Å². The van der Waals surface area contributed by atoms with Gasteiger partial charge >= 0.3 is 0 Å². The molecule has 0 saturated heterocycles. The molecule has 0 N–H and O–H groups in total. The number of thiophene rings is 4. The molecule has 7 rings (SSSR count). The van der Waals surface area contributed by atoms with Gasteiger partial charge < -0.3 is 0 Å². The van der Waals surface area contributed by atoms with Gasteiger partial charge in [0.05, 0.1) is 63.4 Å². The van der Waals surface area contributed by atoms with Crippen LogP contribution < -0.4 is 0 Å². The van der Waals surface area contributed by atoms with Gasteiger partial charge in [-0.2, -0.15) is 0 Å². The van der Waals surface area contributed by atoms with Crippen molar-refractivity contribution in [3.8, 4) is 63.4 Å². The highest BCUT2D eigenvalue weighted by atomic mass is 32.1. The zero-order valence-corrected chi connectivity index (χ0v) is 23.2. The lowest BCUT2D eigenvalue weighted by molar-refractivity contribution is 1.35. The van der Waals surface area contributed by atoms with Gasteiger partial charge in [0.2, 0.25) is 0 Å². The predicted molar refractivity (Wildman–Crippen MR) is 164 cm³/mol. The summed E-state index contributed by atoms with van der Waals surface area (Å²) in [4.78, 5) is 21.8. The van der Waals surface area contributed by atoms with Crippen LogP contribution in [0, 0.1) is 0 Å². The molecule has 0 spiro atoms. The first kappa shape index (κ1) is 23.4. The molecule has 0 saturated carbocycles. The first-order chi connectivity index (χ1) is 18.8. The molecule has 7 aromatic heterocycles. The quantitative estimate of drug-likeness (QED) is 0.203. The third kappa shape index (κ3) is 4.66. The average molecular weight is 562 g/mol. The number of nitrogens with zero attached hydrogens (tertiary/aromatic N) is 3. The normalized spacial score (nSPS) is 11.2. The van der Waals surface area contributed by atoms with Crippen molar-refractivity contribution in [2.24, 2.45) is 0 Å². The minimum atomic E-state index is 0.973. The van der Waals surface area contributed by atoms with Crippen LogP contribution in [0.4, 0.5) is 0 Å². The van der Waals surface area contributed by atoms with E-state index < -0.39 is 0 Å². The largest absolute Gasteiger partial charge is 0.246 e. The minimum absolute atomic E-state index is 0.973. The maximum absolute atomic E-state index is 5.03. The molecule has 0 amide bonds. The molecule has 0 aliphatic heterocycles. The summed E-state index contributed by atoms with van der Waals surface area (Å²) in [5.74, 6) is 0. The Morgan fingerprint density at radius 3 is 0.921 bits per heavy atom. The summed E-state index contributed by atoms with van der Waals surface area (Å²) in [5, 5.41) is 4.17. The SMILES string of the molecule is c1cc(-c2cccs2)nc(-c2ccc(-c3cccc(-c4ccc(-c5cccc(-c6cccs6)n5)s4)n3)s2)c1. The first-order valence-corrected chi connectivity index (χ1v) is 15.4. The van der Waals surface area contributed by atoms with E-state index in [9.17, 15) is 0 Å². The first-order valence-electron chi connectivity index (χ1n) is 12.0. The fourth-order valence-corrected chi connectivity index (χ4v) is 7.48. The van der Waals surface area contributed by atoms with Crippen molar-refractivity contribution in [3.05, 3.63) is 114 Å². The second kappa shape index (κ2) is 10.2. The van der Waals surface area contributed by atoms with Crippen molar-refractivity contribution in [1.29, 1.82) is 0 Å². The monoisotopic (exact) mass is 561 g/mol. The van der Waals surface area contributed by atoms with E-state index in [1.54, 1.807) is 45.3 Å². The Hall–Kier alpha value is -3.75. The summed E-state index contributed by atoms with van der Waals surface area (Å²) in [6.45, 7) is 0. The van der Waals surface area contributed by atoms with Crippen LogP contribution in [0.2, 0.25) is 0 Å². The Morgan fingerprint density at radius 1 is 0.316 bits per heavy atom. The highest BCUT2D eigenvalue weighted by Gasteiger charge is 2.12. The summed E-state index contributed by atoms with van der Waals surface area (Å²) in [7, 11) is 0. The summed E-state index contributed by atoms with van der Waals surface area (Å²) >= 11 is 6.87. The van der Waals surface area contributed by atoms with Gasteiger partial charge in [0.15, 0.2) is 0 Å². The van der Waals surface area contributed by atoms with Crippen molar-refractivity contribution in [1.82, 2.24) is 15.0 Å². The Kier molecular flexibility index (Phi) is 6.27. The van der Waals surface area contributed by atoms with Gasteiger partial charge in [0.1, 0.15) is 0 Å². The van der Waals surface area contributed by atoms with E-state index in [2.05, 4.69) is 114 Å². The Balaban J connectivity index is 1.16. The number of rotatable bonds is 6. The molecule has 7 heterocycles. The molecule has 3 nitrogen and oxygen atoms in total. The van der Waals surface area contributed by atoms with E-state index in [0.717, 1.165) is 53.7 Å². The van der Waals surface area contributed by atoms with E-state index in [-0.39, 0.29) is 0 Å². The second-order valence-electron chi connectivity index (χ2n) is 8.51.